The Hall–Kier alpha value is -0.610. The fourth-order valence-corrected chi connectivity index (χ4v) is 0.206. The third kappa shape index (κ3) is 1.90. The molecule has 0 fully saturated rings. The third-order valence-corrected chi connectivity index (χ3v) is 0.710. The molecule has 0 bridgehead atoms. The van der Waals surface area contributed by atoms with Crippen molar-refractivity contribution in [3.8, 4) is 0 Å². The van der Waals surface area contributed by atoms with Crippen LogP contribution in [-0.4, -0.2) is 33.5 Å². The molecule has 0 aromatic carbocycles. The molecule has 4 nitrogen and oxygen atoms in total. The largest absolute Gasteiger partial charge is 0.479 e. The average Bonchev–Trinajstić information content (AvgIpc) is 1.64. The molecule has 0 aromatic heterocycles. The van der Waals surface area contributed by atoms with Gasteiger partial charge in [0.1, 0.15) is 0 Å². The van der Waals surface area contributed by atoms with Crippen LogP contribution in [0.25, 0.3) is 0 Å². The van der Waals surface area contributed by atoms with E-state index >= 15 is 0 Å². The number of aliphatic hydroxyl groups excluding tert-OH is 2. The van der Waals surface area contributed by atoms with Crippen molar-refractivity contribution in [3.05, 3.63) is 0 Å². The van der Waals surface area contributed by atoms with Crippen LogP contribution < -0.4 is 0 Å². The maximum absolute atomic E-state index is 9.73. The first-order valence-electron chi connectivity index (χ1n) is 2.14. The van der Waals surface area contributed by atoms with Crippen molar-refractivity contribution in [2.45, 2.75) is 19.1 Å². The van der Waals surface area contributed by atoms with Crippen LogP contribution in [0.5, 0.6) is 0 Å². The summed E-state index contributed by atoms with van der Waals surface area (Å²) in [6.45, 7) is 1.21. The van der Waals surface area contributed by atoms with E-state index in [4.69, 9.17) is 15.3 Å². The summed E-state index contributed by atoms with van der Waals surface area (Å²) >= 11 is 0. The SMILES string of the molecule is C[C@H](O)C(O)C(=O)O.[HH]. The van der Waals surface area contributed by atoms with Gasteiger partial charge in [-0.3, -0.25) is 0 Å². The molecule has 0 spiro atoms. The molecule has 4 heteroatoms. The van der Waals surface area contributed by atoms with Crippen molar-refractivity contribution in [2.24, 2.45) is 0 Å². The lowest BCUT2D eigenvalue weighted by molar-refractivity contribution is -0.151. The van der Waals surface area contributed by atoms with E-state index in [0.29, 0.717) is 0 Å². The van der Waals surface area contributed by atoms with Gasteiger partial charge in [0, 0.05) is 1.43 Å². The second-order valence-electron chi connectivity index (χ2n) is 1.52. The molecule has 0 saturated heterocycles. The van der Waals surface area contributed by atoms with Crippen molar-refractivity contribution in [3.63, 3.8) is 0 Å². The Morgan fingerprint density at radius 1 is 1.62 bits per heavy atom. The fraction of sp³-hybridized carbons (Fsp3) is 0.750. The van der Waals surface area contributed by atoms with E-state index in [-0.39, 0.29) is 1.43 Å². The molecule has 3 N–H and O–H groups in total. The molecule has 0 aliphatic heterocycles. The summed E-state index contributed by atoms with van der Waals surface area (Å²) < 4.78 is 0. The lowest BCUT2D eigenvalue weighted by atomic mass is 10.2. The molecule has 50 valence electrons. The van der Waals surface area contributed by atoms with Crippen molar-refractivity contribution >= 4 is 5.97 Å². The molecule has 0 radical (unpaired) electrons. The summed E-state index contributed by atoms with van der Waals surface area (Å²) in [5.74, 6) is -1.40. The smallest absolute Gasteiger partial charge is 0.335 e. The Balaban J connectivity index is 0. The van der Waals surface area contributed by atoms with Crippen LogP contribution in [0.3, 0.4) is 0 Å². The van der Waals surface area contributed by atoms with E-state index in [1.165, 1.54) is 6.92 Å². The van der Waals surface area contributed by atoms with E-state index in [1.54, 1.807) is 0 Å². The highest BCUT2D eigenvalue weighted by Crippen LogP contribution is 1.89. The van der Waals surface area contributed by atoms with Crippen LogP contribution in [0.2, 0.25) is 0 Å². The van der Waals surface area contributed by atoms with Crippen LogP contribution >= 0.6 is 0 Å². The monoisotopic (exact) mass is 122 g/mol. The fourth-order valence-electron chi connectivity index (χ4n) is 0.206. The van der Waals surface area contributed by atoms with Crippen molar-refractivity contribution in [1.29, 1.82) is 0 Å². The number of hydrogen-bond donors (Lipinski definition) is 3. The number of carbonyl (C=O) groups is 1. The highest BCUT2D eigenvalue weighted by atomic mass is 16.4. The Labute approximate surface area is 47.9 Å². The van der Waals surface area contributed by atoms with Gasteiger partial charge in [-0.2, -0.15) is 0 Å². The van der Waals surface area contributed by atoms with Crippen LogP contribution in [0.15, 0.2) is 0 Å². The van der Waals surface area contributed by atoms with Crippen LogP contribution in [0.1, 0.15) is 8.35 Å². The second-order valence-corrected chi connectivity index (χ2v) is 1.52. The van der Waals surface area contributed by atoms with E-state index in [9.17, 15) is 4.79 Å². The maximum atomic E-state index is 9.73. The molecule has 0 rings (SSSR count). The lowest BCUT2D eigenvalue weighted by Gasteiger charge is -2.05. The molecule has 8 heavy (non-hydrogen) atoms. The minimum Gasteiger partial charge on any atom is -0.479 e. The minimum atomic E-state index is -1.66. The van der Waals surface area contributed by atoms with Crippen molar-refractivity contribution in [1.82, 2.24) is 0 Å². The Bertz CT molecular complexity index is 92.6. The summed E-state index contributed by atoms with van der Waals surface area (Å²) in [5, 5.41) is 24.7. The quantitative estimate of drug-likeness (QED) is 0.441. The van der Waals surface area contributed by atoms with E-state index < -0.39 is 18.2 Å². The van der Waals surface area contributed by atoms with Gasteiger partial charge in [-0.1, -0.05) is 0 Å². The van der Waals surface area contributed by atoms with Gasteiger partial charge in [-0.25, -0.2) is 4.79 Å². The van der Waals surface area contributed by atoms with Gasteiger partial charge in [0.2, 0.25) is 0 Å². The number of hydrogen-bond acceptors (Lipinski definition) is 3. The first-order chi connectivity index (χ1) is 3.55. The predicted molar refractivity (Wildman–Crippen MR) is 27.4 cm³/mol. The number of rotatable bonds is 2. The maximum Gasteiger partial charge on any atom is 0.335 e. The first kappa shape index (κ1) is 7.39. The summed E-state index contributed by atoms with van der Waals surface area (Å²) in [4.78, 5) is 9.73. The van der Waals surface area contributed by atoms with Crippen molar-refractivity contribution < 1.29 is 21.5 Å². The van der Waals surface area contributed by atoms with E-state index in [0.717, 1.165) is 0 Å². The topological polar surface area (TPSA) is 77.8 Å². The minimum absolute atomic E-state index is 0. The number of aliphatic hydroxyl groups is 2. The normalized spacial score (nSPS) is 17.4. The third-order valence-electron chi connectivity index (χ3n) is 0.710. The van der Waals surface area contributed by atoms with Crippen molar-refractivity contribution in [2.75, 3.05) is 0 Å². The highest BCUT2D eigenvalue weighted by molar-refractivity contribution is 5.72. The Morgan fingerprint density at radius 3 is 2.00 bits per heavy atom. The molecular weight excluding hydrogens is 112 g/mol. The predicted octanol–water partition coefficient (Wildman–Crippen LogP) is -0.941. The van der Waals surface area contributed by atoms with Gasteiger partial charge >= 0.3 is 5.97 Å². The average molecular weight is 122 g/mol. The zero-order chi connectivity index (χ0) is 6.73. The summed E-state index contributed by atoms with van der Waals surface area (Å²) in [5.41, 5.74) is 0. The van der Waals surface area contributed by atoms with Gasteiger partial charge in [0.25, 0.3) is 0 Å². The molecular formula is C4H10O4. The Kier molecular flexibility index (Phi) is 2.44. The van der Waals surface area contributed by atoms with Gasteiger partial charge in [-0.05, 0) is 6.92 Å². The van der Waals surface area contributed by atoms with E-state index in [1.807, 2.05) is 0 Å². The molecule has 0 heterocycles. The van der Waals surface area contributed by atoms with Gasteiger partial charge in [0.05, 0.1) is 6.10 Å². The highest BCUT2D eigenvalue weighted by Gasteiger charge is 2.18. The van der Waals surface area contributed by atoms with Gasteiger partial charge in [-0.15, -0.1) is 0 Å². The molecule has 0 aromatic rings. The standard InChI is InChI=1S/C4H8O4.H2/c1-2(5)3(6)4(7)8;/h2-3,5-6H,1H3,(H,7,8);1H/t2-,3?;/m0./s1. The number of carboxylic acids is 1. The molecule has 0 saturated carbocycles. The summed E-state index contributed by atoms with van der Waals surface area (Å²) in [7, 11) is 0. The molecule has 2 atom stereocenters. The van der Waals surface area contributed by atoms with Crippen LogP contribution in [-0.2, 0) is 4.79 Å². The number of aliphatic carboxylic acids is 1. The second kappa shape index (κ2) is 2.64. The summed E-state index contributed by atoms with van der Waals surface area (Å²) in [6.07, 6.45) is -2.86. The number of carboxylic acid groups (broad SMARTS) is 1. The zero-order valence-electron chi connectivity index (χ0n) is 4.40. The molecule has 0 aliphatic rings. The Morgan fingerprint density at radius 2 is 2.00 bits per heavy atom. The zero-order valence-corrected chi connectivity index (χ0v) is 4.40. The molecule has 1 unspecified atom stereocenters. The van der Waals surface area contributed by atoms with Gasteiger partial charge < -0.3 is 15.3 Å². The molecule has 0 amide bonds. The van der Waals surface area contributed by atoms with Gasteiger partial charge in [0.15, 0.2) is 6.10 Å². The first-order valence-corrected chi connectivity index (χ1v) is 2.14. The summed E-state index contributed by atoms with van der Waals surface area (Å²) in [6, 6.07) is 0. The van der Waals surface area contributed by atoms with E-state index in [2.05, 4.69) is 0 Å². The van der Waals surface area contributed by atoms with Crippen LogP contribution in [0, 0.1) is 0 Å². The lowest BCUT2D eigenvalue weighted by Crippen LogP contribution is -2.30. The molecule has 0 aliphatic carbocycles. The van der Waals surface area contributed by atoms with Crippen LogP contribution in [0.4, 0.5) is 0 Å².